The number of rotatable bonds is 8. The fraction of sp³-hybridized carbons (Fsp3) is 0.625. The predicted octanol–water partition coefficient (Wildman–Crippen LogP) is 4.31. The topological polar surface area (TPSA) is 21.3 Å². The zero-order valence-corrected chi connectivity index (χ0v) is 12.2. The van der Waals surface area contributed by atoms with E-state index < -0.39 is 0 Å². The third kappa shape index (κ3) is 5.09. The molecular weight excluding hydrogens is 222 g/mol. The van der Waals surface area contributed by atoms with Crippen LogP contribution < -0.4 is 10.1 Å². The van der Waals surface area contributed by atoms with Crippen LogP contribution in [0, 0.1) is 0 Å². The molecule has 0 saturated heterocycles. The van der Waals surface area contributed by atoms with Gasteiger partial charge in [-0.2, -0.15) is 0 Å². The molecule has 18 heavy (non-hydrogen) atoms. The molecule has 0 amide bonds. The minimum atomic E-state index is 0.393. The summed E-state index contributed by atoms with van der Waals surface area (Å²) in [5.41, 5.74) is 1.32. The lowest BCUT2D eigenvalue weighted by molar-refractivity contribution is 0.309. The highest BCUT2D eigenvalue weighted by atomic mass is 16.5. The summed E-state index contributed by atoms with van der Waals surface area (Å²) in [6.07, 6.45) is 3.45. The summed E-state index contributed by atoms with van der Waals surface area (Å²) in [6.45, 7) is 9.62. The van der Waals surface area contributed by atoms with Crippen LogP contribution in [0.25, 0.3) is 0 Å². The van der Waals surface area contributed by atoms with E-state index in [0.29, 0.717) is 12.1 Å². The molecule has 0 aromatic heterocycles. The summed E-state index contributed by atoms with van der Waals surface area (Å²) in [6, 6.07) is 9.40. The molecular formula is C16H27NO. The van der Waals surface area contributed by atoms with E-state index in [4.69, 9.17) is 4.74 Å². The number of ether oxygens (including phenoxy) is 1. The van der Waals surface area contributed by atoms with E-state index in [0.717, 1.165) is 25.2 Å². The minimum Gasteiger partial charge on any atom is -0.494 e. The smallest absolute Gasteiger partial charge is 0.119 e. The van der Waals surface area contributed by atoms with Crippen molar-refractivity contribution >= 4 is 0 Å². The van der Waals surface area contributed by atoms with Gasteiger partial charge in [0.15, 0.2) is 0 Å². The third-order valence-electron chi connectivity index (χ3n) is 3.29. The summed E-state index contributed by atoms with van der Waals surface area (Å²) in [7, 11) is 0. The van der Waals surface area contributed by atoms with Gasteiger partial charge >= 0.3 is 0 Å². The minimum absolute atomic E-state index is 0.393. The lowest BCUT2D eigenvalue weighted by Gasteiger charge is -2.19. The molecule has 2 heteroatoms. The summed E-state index contributed by atoms with van der Waals surface area (Å²) in [5, 5.41) is 3.58. The molecule has 2 nitrogen and oxygen atoms in total. The zero-order valence-electron chi connectivity index (χ0n) is 12.2. The Hall–Kier alpha value is -1.02. The Kier molecular flexibility index (Phi) is 6.81. The van der Waals surface area contributed by atoms with Gasteiger partial charge in [-0.1, -0.05) is 32.4 Å². The van der Waals surface area contributed by atoms with Gasteiger partial charge in [-0.25, -0.2) is 0 Å². The maximum atomic E-state index is 5.66. The van der Waals surface area contributed by atoms with Crippen molar-refractivity contribution in [2.24, 2.45) is 0 Å². The average molecular weight is 249 g/mol. The highest BCUT2D eigenvalue weighted by Gasteiger charge is 2.07. The molecule has 0 bridgehead atoms. The van der Waals surface area contributed by atoms with Crippen molar-refractivity contribution in [3.8, 4) is 5.75 Å². The number of unbranched alkanes of at least 4 members (excludes halogenated alkanes) is 1. The van der Waals surface area contributed by atoms with Crippen LogP contribution in [0.1, 0.15) is 58.6 Å². The van der Waals surface area contributed by atoms with Crippen molar-refractivity contribution in [3.63, 3.8) is 0 Å². The maximum absolute atomic E-state index is 5.66. The molecule has 0 aliphatic rings. The van der Waals surface area contributed by atoms with Gasteiger partial charge in [0, 0.05) is 12.1 Å². The van der Waals surface area contributed by atoms with Crippen LogP contribution in [0.3, 0.4) is 0 Å². The first kappa shape index (κ1) is 15.0. The first-order chi connectivity index (χ1) is 8.67. The normalized spacial score (nSPS) is 14.2. The van der Waals surface area contributed by atoms with Crippen molar-refractivity contribution in [1.29, 1.82) is 0 Å². The van der Waals surface area contributed by atoms with E-state index in [-0.39, 0.29) is 0 Å². The molecule has 2 atom stereocenters. The van der Waals surface area contributed by atoms with E-state index in [2.05, 4.69) is 57.3 Å². The molecule has 0 fully saturated rings. The average Bonchev–Trinajstić information content (AvgIpc) is 2.39. The molecule has 102 valence electrons. The fourth-order valence-corrected chi connectivity index (χ4v) is 1.83. The van der Waals surface area contributed by atoms with Gasteiger partial charge in [0.1, 0.15) is 5.75 Å². The Morgan fingerprint density at radius 2 is 1.78 bits per heavy atom. The standard InChI is InChI=1S/C16H27NO/c1-5-7-12-18-16-10-8-15(9-11-16)14(4)17-13(3)6-2/h8-11,13-14,17H,5-7,12H2,1-4H3/t13-,14+/m0/s1. The number of hydrogen-bond acceptors (Lipinski definition) is 2. The molecule has 0 heterocycles. The van der Waals surface area contributed by atoms with Gasteiger partial charge in [-0.15, -0.1) is 0 Å². The van der Waals surface area contributed by atoms with Gasteiger partial charge in [-0.3, -0.25) is 0 Å². The summed E-state index contributed by atoms with van der Waals surface area (Å²) >= 11 is 0. The summed E-state index contributed by atoms with van der Waals surface area (Å²) in [4.78, 5) is 0. The molecule has 0 aliphatic heterocycles. The molecule has 1 N–H and O–H groups in total. The molecule has 1 aromatic rings. The monoisotopic (exact) mass is 249 g/mol. The number of nitrogens with one attached hydrogen (secondary N) is 1. The van der Waals surface area contributed by atoms with E-state index in [1.807, 2.05) is 0 Å². The Balaban J connectivity index is 2.48. The second-order valence-electron chi connectivity index (χ2n) is 4.97. The lowest BCUT2D eigenvalue weighted by Crippen LogP contribution is -2.28. The van der Waals surface area contributed by atoms with Crippen LogP contribution in [-0.2, 0) is 0 Å². The van der Waals surface area contributed by atoms with Crippen molar-refractivity contribution in [2.45, 2.75) is 59.0 Å². The Morgan fingerprint density at radius 3 is 2.33 bits per heavy atom. The van der Waals surface area contributed by atoms with Crippen molar-refractivity contribution in [3.05, 3.63) is 29.8 Å². The van der Waals surface area contributed by atoms with Gasteiger partial charge < -0.3 is 10.1 Å². The molecule has 1 aromatic carbocycles. The van der Waals surface area contributed by atoms with Gasteiger partial charge in [0.25, 0.3) is 0 Å². The molecule has 0 radical (unpaired) electrons. The highest BCUT2D eigenvalue weighted by molar-refractivity contribution is 5.28. The molecule has 0 aliphatic carbocycles. The van der Waals surface area contributed by atoms with Crippen LogP contribution in [-0.4, -0.2) is 12.6 Å². The van der Waals surface area contributed by atoms with Gasteiger partial charge in [0.2, 0.25) is 0 Å². The first-order valence-corrected chi connectivity index (χ1v) is 7.16. The summed E-state index contributed by atoms with van der Waals surface area (Å²) < 4.78 is 5.66. The molecule has 0 saturated carbocycles. The van der Waals surface area contributed by atoms with Crippen LogP contribution in [0.2, 0.25) is 0 Å². The second-order valence-corrected chi connectivity index (χ2v) is 4.97. The fourth-order valence-electron chi connectivity index (χ4n) is 1.83. The largest absolute Gasteiger partial charge is 0.494 e. The lowest BCUT2D eigenvalue weighted by atomic mass is 10.1. The SMILES string of the molecule is CCCCOc1ccc([C@@H](C)N[C@@H](C)CC)cc1. The Labute approximate surface area is 112 Å². The second kappa shape index (κ2) is 8.15. The first-order valence-electron chi connectivity index (χ1n) is 7.16. The van der Waals surface area contributed by atoms with Crippen LogP contribution in [0.15, 0.2) is 24.3 Å². The summed E-state index contributed by atoms with van der Waals surface area (Å²) in [5.74, 6) is 0.975. The van der Waals surface area contributed by atoms with Crippen molar-refractivity contribution in [2.75, 3.05) is 6.61 Å². The van der Waals surface area contributed by atoms with Gasteiger partial charge in [0.05, 0.1) is 6.61 Å². The van der Waals surface area contributed by atoms with Crippen LogP contribution in [0.4, 0.5) is 0 Å². The van der Waals surface area contributed by atoms with Crippen molar-refractivity contribution in [1.82, 2.24) is 5.32 Å². The van der Waals surface area contributed by atoms with E-state index in [1.54, 1.807) is 0 Å². The number of hydrogen-bond donors (Lipinski definition) is 1. The molecule has 1 rings (SSSR count). The van der Waals surface area contributed by atoms with Crippen LogP contribution in [0.5, 0.6) is 5.75 Å². The van der Waals surface area contributed by atoms with E-state index in [9.17, 15) is 0 Å². The van der Waals surface area contributed by atoms with Crippen molar-refractivity contribution < 1.29 is 4.74 Å². The third-order valence-corrected chi connectivity index (χ3v) is 3.29. The van der Waals surface area contributed by atoms with Crippen LogP contribution >= 0.6 is 0 Å². The zero-order chi connectivity index (χ0) is 13.4. The Morgan fingerprint density at radius 1 is 1.11 bits per heavy atom. The predicted molar refractivity (Wildman–Crippen MR) is 78.1 cm³/mol. The molecule has 0 unspecified atom stereocenters. The number of benzene rings is 1. The molecule has 0 spiro atoms. The van der Waals surface area contributed by atoms with Gasteiger partial charge in [-0.05, 0) is 44.4 Å². The van der Waals surface area contributed by atoms with E-state index >= 15 is 0 Å². The highest BCUT2D eigenvalue weighted by Crippen LogP contribution is 2.18. The maximum Gasteiger partial charge on any atom is 0.119 e. The Bertz CT molecular complexity index is 320. The quantitative estimate of drug-likeness (QED) is 0.693. The van der Waals surface area contributed by atoms with E-state index in [1.165, 1.54) is 12.0 Å².